The minimum Gasteiger partial charge on any atom is -0.376 e. The van der Waals surface area contributed by atoms with E-state index >= 15 is 0 Å². The van der Waals surface area contributed by atoms with E-state index in [9.17, 15) is 9.59 Å². The number of aliphatic hydroxyl groups excluding tert-OH is 1. The molecular formula is C7H14N2O3. The van der Waals surface area contributed by atoms with Gasteiger partial charge in [0.15, 0.2) is 5.78 Å². The third-order valence-corrected chi connectivity index (χ3v) is 1.31. The molecule has 0 heterocycles. The predicted octanol–water partition coefficient (Wildman–Crippen LogP) is -0.540. The largest absolute Gasteiger partial charge is 0.376 e. The summed E-state index contributed by atoms with van der Waals surface area (Å²) in [5.74, 6) is -0.123. The molecule has 0 spiro atoms. The van der Waals surface area contributed by atoms with Crippen LogP contribution in [-0.4, -0.2) is 30.2 Å². The van der Waals surface area contributed by atoms with Crippen molar-refractivity contribution < 1.29 is 14.7 Å². The minimum atomic E-state index is -0.536. The minimum absolute atomic E-state index is 0.00347. The molecule has 0 atom stereocenters. The van der Waals surface area contributed by atoms with Gasteiger partial charge in [-0.05, 0) is 0 Å². The van der Waals surface area contributed by atoms with E-state index in [1.54, 1.807) is 13.8 Å². The number of carbonyl (C=O) groups excluding carboxylic acids is 2. The zero-order valence-electron chi connectivity index (χ0n) is 7.26. The van der Waals surface area contributed by atoms with Crippen LogP contribution in [0.5, 0.6) is 0 Å². The Hall–Kier alpha value is -1.10. The molecule has 70 valence electrons. The fourth-order valence-corrected chi connectivity index (χ4v) is 0.506. The summed E-state index contributed by atoms with van der Waals surface area (Å²) in [6, 6.07) is -0.536. The smallest absolute Gasteiger partial charge is 0.316 e. The van der Waals surface area contributed by atoms with Gasteiger partial charge in [-0.15, -0.1) is 0 Å². The summed E-state index contributed by atoms with van der Waals surface area (Å²) < 4.78 is 0. The van der Waals surface area contributed by atoms with E-state index in [0.717, 1.165) is 0 Å². The van der Waals surface area contributed by atoms with Gasteiger partial charge < -0.3 is 15.7 Å². The molecular weight excluding hydrogens is 160 g/mol. The number of amides is 2. The highest BCUT2D eigenvalue weighted by Crippen LogP contribution is 1.91. The lowest BCUT2D eigenvalue weighted by Crippen LogP contribution is -2.39. The topological polar surface area (TPSA) is 78.4 Å². The van der Waals surface area contributed by atoms with Crippen LogP contribution in [-0.2, 0) is 4.79 Å². The standard InChI is InChI=1S/C7H14N2O3/c1-5(2)6(11)3-8-7(12)9-4-10/h5,10H,3-4H2,1-2H3,(H2,8,9,12). The summed E-state index contributed by atoms with van der Waals surface area (Å²) in [6.45, 7) is 3.09. The molecule has 0 rings (SSSR count). The molecule has 0 aromatic carbocycles. The van der Waals surface area contributed by atoms with Crippen molar-refractivity contribution in [2.75, 3.05) is 13.3 Å². The van der Waals surface area contributed by atoms with Crippen LogP contribution in [0.15, 0.2) is 0 Å². The van der Waals surface area contributed by atoms with E-state index in [0.29, 0.717) is 0 Å². The van der Waals surface area contributed by atoms with Gasteiger partial charge >= 0.3 is 6.03 Å². The van der Waals surface area contributed by atoms with Crippen molar-refractivity contribution in [3.63, 3.8) is 0 Å². The molecule has 0 bridgehead atoms. The summed E-state index contributed by atoms with van der Waals surface area (Å²) >= 11 is 0. The fourth-order valence-electron chi connectivity index (χ4n) is 0.506. The maximum atomic E-state index is 10.9. The van der Waals surface area contributed by atoms with Crippen molar-refractivity contribution in [3.05, 3.63) is 0 Å². The summed E-state index contributed by atoms with van der Waals surface area (Å²) in [5, 5.41) is 12.7. The Morgan fingerprint density at radius 3 is 2.33 bits per heavy atom. The van der Waals surface area contributed by atoms with E-state index in [4.69, 9.17) is 5.11 Å². The quantitative estimate of drug-likeness (QED) is 0.501. The molecule has 0 saturated heterocycles. The van der Waals surface area contributed by atoms with E-state index in [1.165, 1.54) is 0 Å². The highest BCUT2D eigenvalue weighted by atomic mass is 16.3. The second-order valence-electron chi connectivity index (χ2n) is 2.64. The number of ketones is 1. The number of rotatable bonds is 4. The highest BCUT2D eigenvalue weighted by Gasteiger charge is 2.07. The summed E-state index contributed by atoms with van der Waals surface area (Å²) in [7, 11) is 0. The second kappa shape index (κ2) is 5.54. The van der Waals surface area contributed by atoms with E-state index in [-0.39, 0.29) is 18.2 Å². The molecule has 5 heteroatoms. The van der Waals surface area contributed by atoms with Gasteiger partial charge in [0.05, 0.1) is 6.54 Å². The van der Waals surface area contributed by atoms with Crippen LogP contribution < -0.4 is 10.6 Å². The van der Waals surface area contributed by atoms with E-state index in [2.05, 4.69) is 10.6 Å². The highest BCUT2D eigenvalue weighted by molar-refractivity contribution is 5.86. The van der Waals surface area contributed by atoms with Gasteiger partial charge in [-0.25, -0.2) is 4.79 Å². The number of hydrogen-bond acceptors (Lipinski definition) is 3. The van der Waals surface area contributed by atoms with Crippen molar-refractivity contribution >= 4 is 11.8 Å². The molecule has 0 aromatic heterocycles. The first-order valence-corrected chi connectivity index (χ1v) is 3.73. The van der Waals surface area contributed by atoms with Gasteiger partial charge in [0.2, 0.25) is 0 Å². The Morgan fingerprint density at radius 1 is 1.33 bits per heavy atom. The first kappa shape index (κ1) is 10.9. The Kier molecular flexibility index (Phi) is 5.03. The lowest BCUT2D eigenvalue weighted by Gasteiger charge is -2.06. The van der Waals surface area contributed by atoms with Crippen molar-refractivity contribution in [3.8, 4) is 0 Å². The van der Waals surface area contributed by atoms with Crippen LogP contribution in [0, 0.1) is 5.92 Å². The normalized spacial score (nSPS) is 9.67. The van der Waals surface area contributed by atoms with Gasteiger partial charge in [-0.2, -0.15) is 0 Å². The predicted molar refractivity (Wildman–Crippen MR) is 43.5 cm³/mol. The molecule has 0 aliphatic rings. The SMILES string of the molecule is CC(C)C(=O)CNC(=O)NCO. The molecule has 2 amide bonds. The van der Waals surface area contributed by atoms with Crippen molar-refractivity contribution in [2.45, 2.75) is 13.8 Å². The third kappa shape index (κ3) is 4.68. The lowest BCUT2D eigenvalue weighted by molar-refractivity contribution is -0.120. The fraction of sp³-hybridized carbons (Fsp3) is 0.714. The Morgan fingerprint density at radius 2 is 1.92 bits per heavy atom. The van der Waals surface area contributed by atoms with Gasteiger partial charge in [-0.3, -0.25) is 4.79 Å². The average Bonchev–Trinajstić information content (AvgIpc) is 2.00. The number of urea groups is 1. The molecule has 0 aromatic rings. The maximum Gasteiger partial charge on any atom is 0.316 e. The molecule has 0 fully saturated rings. The van der Waals surface area contributed by atoms with Gasteiger partial charge in [-0.1, -0.05) is 13.8 Å². The number of aliphatic hydroxyl groups is 1. The Labute approximate surface area is 71.1 Å². The number of Topliss-reactive ketones (excluding diaryl/α,β-unsaturated/α-hetero) is 1. The monoisotopic (exact) mass is 174 g/mol. The number of nitrogens with one attached hydrogen (secondary N) is 2. The average molecular weight is 174 g/mol. The van der Waals surface area contributed by atoms with Crippen LogP contribution in [0.4, 0.5) is 4.79 Å². The Balaban J connectivity index is 3.54. The second-order valence-corrected chi connectivity index (χ2v) is 2.64. The molecule has 0 saturated carbocycles. The first-order valence-electron chi connectivity index (χ1n) is 3.73. The number of hydrogen-bond donors (Lipinski definition) is 3. The van der Waals surface area contributed by atoms with Crippen LogP contribution in [0.3, 0.4) is 0 Å². The molecule has 12 heavy (non-hydrogen) atoms. The van der Waals surface area contributed by atoms with Crippen LogP contribution in [0.2, 0.25) is 0 Å². The van der Waals surface area contributed by atoms with E-state index < -0.39 is 12.8 Å². The molecule has 0 aliphatic carbocycles. The molecule has 0 unspecified atom stereocenters. The maximum absolute atomic E-state index is 10.9. The first-order chi connectivity index (χ1) is 5.57. The van der Waals surface area contributed by atoms with E-state index in [1.807, 2.05) is 0 Å². The van der Waals surface area contributed by atoms with Crippen molar-refractivity contribution in [2.24, 2.45) is 5.92 Å². The van der Waals surface area contributed by atoms with Crippen LogP contribution in [0.1, 0.15) is 13.8 Å². The molecule has 5 nitrogen and oxygen atoms in total. The summed E-state index contributed by atoms with van der Waals surface area (Å²) in [6.07, 6.45) is 0. The molecule has 0 aliphatic heterocycles. The zero-order valence-corrected chi connectivity index (χ0v) is 7.26. The molecule has 0 radical (unpaired) electrons. The third-order valence-electron chi connectivity index (χ3n) is 1.31. The lowest BCUT2D eigenvalue weighted by atomic mass is 10.1. The van der Waals surface area contributed by atoms with Crippen molar-refractivity contribution in [1.82, 2.24) is 10.6 Å². The van der Waals surface area contributed by atoms with Crippen molar-refractivity contribution in [1.29, 1.82) is 0 Å². The van der Waals surface area contributed by atoms with Crippen LogP contribution in [0.25, 0.3) is 0 Å². The van der Waals surface area contributed by atoms with Gasteiger partial charge in [0.25, 0.3) is 0 Å². The Bertz CT molecular complexity index is 168. The van der Waals surface area contributed by atoms with Gasteiger partial charge in [0, 0.05) is 5.92 Å². The number of carbonyl (C=O) groups is 2. The van der Waals surface area contributed by atoms with Gasteiger partial charge in [0.1, 0.15) is 6.73 Å². The molecule has 3 N–H and O–H groups in total. The summed E-state index contributed by atoms with van der Waals surface area (Å²) in [4.78, 5) is 21.6. The van der Waals surface area contributed by atoms with Crippen LogP contribution >= 0.6 is 0 Å². The zero-order chi connectivity index (χ0) is 9.56. The summed E-state index contributed by atoms with van der Waals surface area (Å²) in [5.41, 5.74) is 0.